The van der Waals surface area contributed by atoms with E-state index in [4.69, 9.17) is 9.47 Å². The molecule has 1 aliphatic heterocycles. The Bertz CT molecular complexity index is 1270. The van der Waals surface area contributed by atoms with Gasteiger partial charge in [-0.2, -0.15) is 0 Å². The number of hydrogen-bond donors (Lipinski definition) is 1. The van der Waals surface area contributed by atoms with Gasteiger partial charge in [-0.15, -0.1) is 0 Å². The smallest absolute Gasteiger partial charge is 0.290 e. The number of aliphatic hydroxyl groups is 1. The van der Waals surface area contributed by atoms with Gasteiger partial charge in [0.2, 0.25) is 0 Å². The number of aromatic nitrogens is 1. The minimum Gasteiger partial charge on any atom is -0.503 e. The number of methoxy groups -OCH3 is 2. The van der Waals surface area contributed by atoms with E-state index in [0.717, 1.165) is 11.1 Å². The van der Waals surface area contributed by atoms with Crippen LogP contribution < -0.4 is 9.47 Å². The van der Waals surface area contributed by atoms with Gasteiger partial charge in [-0.1, -0.05) is 48.5 Å². The molecule has 0 fully saturated rings. The number of carbonyl (C=O) groups excluding carboxylic acids is 2. The molecule has 4 rings (SSSR count). The number of rotatable bonds is 9. The quantitative estimate of drug-likeness (QED) is 0.469. The van der Waals surface area contributed by atoms with Crippen LogP contribution in [0.2, 0.25) is 0 Å². The van der Waals surface area contributed by atoms with Gasteiger partial charge in [0.05, 0.1) is 25.8 Å². The van der Waals surface area contributed by atoms with Crippen molar-refractivity contribution in [3.8, 4) is 11.5 Å². The van der Waals surface area contributed by atoms with E-state index in [1.165, 1.54) is 11.0 Å². The summed E-state index contributed by atoms with van der Waals surface area (Å²) < 4.78 is 10.7. The third-order valence-corrected chi connectivity index (χ3v) is 5.89. The summed E-state index contributed by atoms with van der Waals surface area (Å²) in [7, 11) is 3.13. The minimum atomic E-state index is -0.746. The second-order valence-electron chi connectivity index (χ2n) is 8.00. The van der Waals surface area contributed by atoms with Gasteiger partial charge in [0.1, 0.15) is 0 Å². The summed E-state index contributed by atoms with van der Waals surface area (Å²) >= 11 is 0. The van der Waals surface area contributed by atoms with Gasteiger partial charge in [0.15, 0.2) is 23.0 Å². The second-order valence-corrected chi connectivity index (χ2v) is 8.00. The van der Waals surface area contributed by atoms with Crippen LogP contribution in [0.25, 0.3) is 6.08 Å². The van der Waals surface area contributed by atoms with Crippen LogP contribution in [-0.4, -0.2) is 47.4 Å². The van der Waals surface area contributed by atoms with Gasteiger partial charge < -0.3 is 19.5 Å². The van der Waals surface area contributed by atoms with Crippen molar-refractivity contribution in [3.63, 3.8) is 0 Å². The molecule has 2 heterocycles. The molecule has 178 valence electrons. The van der Waals surface area contributed by atoms with E-state index in [9.17, 15) is 14.7 Å². The molecule has 1 N–H and O–H groups in total. The normalized spacial score (nSPS) is 15.7. The molecular formula is C28H26N2O5. The van der Waals surface area contributed by atoms with E-state index >= 15 is 0 Å². The van der Waals surface area contributed by atoms with Crippen LogP contribution in [0.5, 0.6) is 11.5 Å². The van der Waals surface area contributed by atoms with Crippen molar-refractivity contribution >= 4 is 17.8 Å². The summed E-state index contributed by atoms with van der Waals surface area (Å²) in [5, 5.41) is 10.8. The lowest BCUT2D eigenvalue weighted by atomic mass is 9.96. The number of nitrogens with zero attached hydrogens (tertiary/aromatic N) is 2. The Hall–Kier alpha value is -4.39. The van der Waals surface area contributed by atoms with E-state index in [-0.39, 0.29) is 12.1 Å². The van der Waals surface area contributed by atoms with E-state index < -0.39 is 23.5 Å². The number of aliphatic hydroxyl groups excluding tert-OH is 1. The maximum atomic E-state index is 13.2. The van der Waals surface area contributed by atoms with Gasteiger partial charge in [0.25, 0.3) is 5.91 Å². The van der Waals surface area contributed by atoms with E-state index in [1.807, 2.05) is 42.5 Å². The molecule has 7 heteroatoms. The standard InChI is InChI=1S/C28H26N2O5/c1-34-23-13-11-20(17-24(23)35-2)14-16-30-26(21-9-6-15-29-18-21)25(27(32)28(30)33)22(31)12-10-19-7-4-3-5-8-19/h3-13,15,17-18,26,32H,14,16H2,1-2H3/b12-10+. The molecule has 1 unspecified atom stereocenters. The highest BCUT2D eigenvalue weighted by Crippen LogP contribution is 2.38. The Kier molecular flexibility index (Phi) is 7.26. The number of amides is 1. The van der Waals surface area contributed by atoms with Crippen molar-refractivity contribution in [3.05, 3.63) is 107 Å². The summed E-state index contributed by atoms with van der Waals surface area (Å²) in [6.07, 6.45) is 6.76. The highest BCUT2D eigenvalue weighted by molar-refractivity contribution is 6.14. The Morgan fingerprint density at radius 3 is 2.51 bits per heavy atom. The predicted molar refractivity (Wildman–Crippen MR) is 132 cm³/mol. The molecule has 0 saturated carbocycles. The topological polar surface area (TPSA) is 89.0 Å². The fourth-order valence-electron chi connectivity index (χ4n) is 4.13. The lowest BCUT2D eigenvalue weighted by Gasteiger charge is -2.26. The molecule has 0 aliphatic carbocycles. The number of carbonyl (C=O) groups is 2. The number of benzene rings is 2. The van der Waals surface area contributed by atoms with Crippen LogP contribution in [0.1, 0.15) is 22.7 Å². The molecule has 0 radical (unpaired) electrons. The molecule has 1 aromatic heterocycles. The lowest BCUT2D eigenvalue weighted by Crippen LogP contribution is -2.33. The van der Waals surface area contributed by atoms with Crippen LogP contribution >= 0.6 is 0 Å². The fourth-order valence-corrected chi connectivity index (χ4v) is 4.13. The van der Waals surface area contributed by atoms with Crippen molar-refractivity contribution < 1.29 is 24.2 Å². The van der Waals surface area contributed by atoms with Gasteiger partial charge in [-0.3, -0.25) is 14.6 Å². The molecule has 0 bridgehead atoms. The number of pyridine rings is 1. The summed E-state index contributed by atoms with van der Waals surface area (Å²) in [5.74, 6) is -0.351. The van der Waals surface area contributed by atoms with Crippen molar-refractivity contribution in [2.45, 2.75) is 12.5 Å². The molecular weight excluding hydrogens is 444 g/mol. The predicted octanol–water partition coefficient (Wildman–Crippen LogP) is 4.32. The highest BCUT2D eigenvalue weighted by atomic mass is 16.5. The first-order valence-electron chi connectivity index (χ1n) is 11.2. The number of allylic oxidation sites excluding steroid dienone is 1. The first-order chi connectivity index (χ1) is 17.0. The molecule has 35 heavy (non-hydrogen) atoms. The summed E-state index contributed by atoms with van der Waals surface area (Å²) in [6.45, 7) is 0.275. The second kappa shape index (κ2) is 10.7. The Morgan fingerprint density at radius 1 is 1.06 bits per heavy atom. The van der Waals surface area contributed by atoms with Gasteiger partial charge in [-0.05, 0) is 47.4 Å². The Labute approximate surface area is 203 Å². The van der Waals surface area contributed by atoms with Gasteiger partial charge in [-0.25, -0.2) is 0 Å². The number of ketones is 1. The molecule has 0 spiro atoms. The van der Waals surface area contributed by atoms with Crippen molar-refractivity contribution in [2.24, 2.45) is 0 Å². The molecule has 1 aliphatic rings. The molecule has 0 saturated heterocycles. The van der Waals surface area contributed by atoms with Crippen molar-refractivity contribution in [1.82, 2.24) is 9.88 Å². The zero-order valence-electron chi connectivity index (χ0n) is 19.5. The van der Waals surface area contributed by atoms with Crippen LogP contribution in [0, 0.1) is 0 Å². The highest BCUT2D eigenvalue weighted by Gasteiger charge is 2.42. The number of ether oxygens (including phenoxy) is 2. The molecule has 2 aromatic carbocycles. The SMILES string of the molecule is COc1ccc(CCN2C(=O)C(O)=C(C(=O)/C=C/c3ccccc3)C2c2cccnc2)cc1OC. The third kappa shape index (κ3) is 5.09. The van der Waals surface area contributed by atoms with E-state index in [0.29, 0.717) is 23.5 Å². The van der Waals surface area contributed by atoms with Crippen LogP contribution in [-0.2, 0) is 16.0 Å². The molecule has 7 nitrogen and oxygen atoms in total. The van der Waals surface area contributed by atoms with Crippen molar-refractivity contribution in [1.29, 1.82) is 0 Å². The van der Waals surface area contributed by atoms with Crippen molar-refractivity contribution in [2.75, 3.05) is 20.8 Å². The molecule has 3 aromatic rings. The Morgan fingerprint density at radius 2 is 1.83 bits per heavy atom. The largest absolute Gasteiger partial charge is 0.503 e. The van der Waals surface area contributed by atoms with Crippen LogP contribution in [0.4, 0.5) is 0 Å². The lowest BCUT2D eigenvalue weighted by molar-refractivity contribution is -0.129. The van der Waals surface area contributed by atoms with E-state index in [1.54, 1.807) is 50.9 Å². The molecule has 1 atom stereocenters. The number of hydrogen-bond acceptors (Lipinski definition) is 6. The first-order valence-corrected chi connectivity index (χ1v) is 11.2. The van der Waals surface area contributed by atoms with Crippen LogP contribution in [0.15, 0.2) is 90.5 Å². The van der Waals surface area contributed by atoms with Gasteiger partial charge in [0, 0.05) is 18.9 Å². The first kappa shape index (κ1) is 23.8. The zero-order chi connectivity index (χ0) is 24.8. The third-order valence-electron chi connectivity index (χ3n) is 5.89. The zero-order valence-corrected chi connectivity index (χ0v) is 19.5. The maximum absolute atomic E-state index is 13.2. The fraction of sp³-hybridized carbons (Fsp3) is 0.179. The molecule has 1 amide bonds. The van der Waals surface area contributed by atoms with Gasteiger partial charge >= 0.3 is 0 Å². The summed E-state index contributed by atoms with van der Waals surface area (Å²) in [6, 6.07) is 17.7. The van der Waals surface area contributed by atoms with E-state index in [2.05, 4.69) is 4.98 Å². The van der Waals surface area contributed by atoms with Crippen LogP contribution in [0.3, 0.4) is 0 Å². The Balaban J connectivity index is 1.62. The average Bonchev–Trinajstić information content (AvgIpc) is 3.16. The minimum absolute atomic E-state index is 0.0440. The average molecular weight is 471 g/mol. The monoisotopic (exact) mass is 470 g/mol. The summed E-state index contributed by atoms with van der Waals surface area (Å²) in [5.41, 5.74) is 2.45. The maximum Gasteiger partial charge on any atom is 0.290 e. The summed E-state index contributed by atoms with van der Waals surface area (Å²) in [4.78, 5) is 32.0.